The van der Waals surface area contributed by atoms with Gasteiger partial charge >= 0.3 is 11.9 Å². The smallest absolute Gasteiger partial charge is 0.306 e. The average molecular weight is 342 g/mol. The van der Waals surface area contributed by atoms with Crippen molar-refractivity contribution in [2.45, 2.75) is 96.7 Å². The molecule has 1 aliphatic heterocycles. The van der Waals surface area contributed by atoms with Gasteiger partial charge in [-0.15, -0.1) is 0 Å². The van der Waals surface area contributed by atoms with E-state index in [2.05, 4.69) is 6.92 Å². The SMILES string of the molecule is CCCCCCCCC(C)OC(=O)CCC(=O)OCC1CCCO1. The quantitative estimate of drug-likeness (QED) is 0.371. The third kappa shape index (κ3) is 10.6. The molecule has 5 nitrogen and oxygen atoms in total. The van der Waals surface area contributed by atoms with Gasteiger partial charge in [0.05, 0.1) is 25.0 Å². The van der Waals surface area contributed by atoms with Crippen LogP contribution in [-0.2, 0) is 23.8 Å². The fourth-order valence-electron chi connectivity index (χ4n) is 2.79. The van der Waals surface area contributed by atoms with Crippen LogP contribution < -0.4 is 0 Å². The number of carbonyl (C=O) groups is 2. The fourth-order valence-corrected chi connectivity index (χ4v) is 2.79. The van der Waals surface area contributed by atoms with Gasteiger partial charge in [0.2, 0.25) is 0 Å². The van der Waals surface area contributed by atoms with Crippen LogP contribution in [0.25, 0.3) is 0 Å². The summed E-state index contributed by atoms with van der Waals surface area (Å²) in [6.45, 7) is 5.16. The van der Waals surface area contributed by atoms with Crippen LogP contribution in [0.15, 0.2) is 0 Å². The lowest BCUT2D eigenvalue weighted by Crippen LogP contribution is -2.19. The molecule has 1 rings (SSSR count). The third-order valence-electron chi connectivity index (χ3n) is 4.28. The van der Waals surface area contributed by atoms with Gasteiger partial charge < -0.3 is 14.2 Å². The summed E-state index contributed by atoms with van der Waals surface area (Å²) in [7, 11) is 0. The van der Waals surface area contributed by atoms with E-state index < -0.39 is 0 Å². The van der Waals surface area contributed by atoms with Gasteiger partial charge in [-0.2, -0.15) is 0 Å². The predicted molar refractivity (Wildman–Crippen MR) is 92.7 cm³/mol. The first-order valence-electron chi connectivity index (χ1n) is 9.58. The maximum atomic E-state index is 11.7. The van der Waals surface area contributed by atoms with Crippen LogP contribution in [0.2, 0.25) is 0 Å². The second-order valence-corrected chi connectivity index (χ2v) is 6.67. The number of carbonyl (C=O) groups excluding carboxylic acids is 2. The van der Waals surface area contributed by atoms with Crippen molar-refractivity contribution in [3.05, 3.63) is 0 Å². The van der Waals surface area contributed by atoms with E-state index in [1.807, 2.05) is 6.92 Å². The van der Waals surface area contributed by atoms with E-state index in [1.54, 1.807) is 0 Å². The van der Waals surface area contributed by atoms with Crippen molar-refractivity contribution < 1.29 is 23.8 Å². The summed E-state index contributed by atoms with van der Waals surface area (Å²) in [4.78, 5) is 23.3. The molecule has 1 heterocycles. The van der Waals surface area contributed by atoms with Gasteiger partial charge in [0.15, 0.2) is 0 Å². The van der Waals surface area contributed by atoms with E-state index in [-0.39, 0.29) is 37.0 Å². The molecule has 0 aromatic rings. The Bertz CT molecular complexity index is 350. The zero-order valence-corrected chi connectivity index (χ0v) is 15.4. The summed E-state index contributed by atoms with van der Waals surface area (Å²) in [5, 5.41) is 0. The van der Waals surface area contributed by atoms with Gasteiger partial charge in [0, 0.05) is 6.61 Å². The Morgan fingerprint density at radius 2 is 1.79 bits per heavy atom. The van der Waals surface area contributed by atoms with E-state index in [9.17, 15) is 9.59 Å². The van der Waals surface area contributed by atoms with Crippen LogP contribution in [0.5, 0.6) is 0 Å². The largest absolute Gasteiger partial charge is 0.463 e. The minimum Gasteiger partial charge on any atom is -0.463 e. The van der Waals surface area contributed by atoms with Crippen molar-refractivity contribution in [1.29, 1.82) is 0 Å². The van der Waals surface area contributed by atoms with Crippen LogP contribution in [0.3, 0.4) is 0 Å². The van der Waals surface area contributed by atoms with Crippen molar-refractivity contribution in [3.63, 3.8) is 0 Å². The molecule has 5 heteroatoms. The van der Waals surface area contributed by atoms with Gasteiger partial charge in [-0.25, -0.2) is 0 Å². The van der Waals surface area contributed by atoms with Gasteiger partial charge in [-0.3, -0.25) is 9.59 Å². The minimum atomic E-state index is -0.356. The van der Waals surface area contributed by atoms with Crippen LogP contribution in [0, 0.1) is 0 Å². The molecule has 0 aromatic carbocycles. The van der Waals surface area contributed by atoms with Crippen LogP contribution in [-0.4, -0.2) is 37.4 Å². The van der Waals surface area contributed by atoms with E-state index in [1.165, 1.54) is 32.1 Å². The minimum absolute atomic E-state index is 0.0262. The van der Waals surface area contributed by atoms with Crippen molar-refractivity contribution in [2.75, 3.05) is 13.2 Å². The van der Waals surface area contributed by atoms with E-state index in [0.29, 0.717) is 6.61 Å². The predicted octanol–water partition coefficient (Wildman–Crippen LogP) is 4.17. The molecular weight excluding hydrogens is 308 g/mol. The Hall–Kier alpha value is -1.10. The Labute approximate surface area is 146 Å². The summed E-state index contributed by atoms with van der Waals surface area (Å²) in [6.07, 6.45) is 10.3. The highest BCUT2D eigenvalue weighted by Crippen LogP contribution is 2.13. The maximum Gasteiger partial charge on any atom is 0.306 e. The molecular formula is C19H34O5. The Kier molecular flexibility index (Phi) is 11.5. The average Bonchev–Trinajstić information content (AvgIpc) is 3.07. The summed E-state index contributed by atoms with van der Waals surface area (Å²) < 4.78 is 15.8. The molecule has 0 amide bonds. The van der Waals surface area contributed by atoms with E-state index >= 15 is 0 Å². The molecule has 0 bridgehead atoms. The highest BCUT2D eigenvalue weighted by atomic mass is 16.6. The standard InChI is InChI=1S/C19H34O5/c1-3-4-5-6-7-8-10-16(2)24-19(21)13-12-18(20)23-15-17-11-9-14-22-17/h16-17H,3-15H2,1-2H3. The first-order chi connectivity index (χ1) is 11.6. The summed E-state index contributed by atoms with van der Waals surface area (Å²) >= 11 is 0. The Morgan fingerprint density at radius 1 is 1.08 bits per heavy atom. The molecule has 1 aliphatic rings. The van der Waals surface area contributed by atoms with E-state index in [0.717, 1.165) is 32.3 Å². The van der Waals surface area contributed by atoms with Crippen molar-refractivity contribution >= 4 is 11.9 Å². The zero-order chi connectivity index (χ0) is 17.6. The van der Waals surface area contributed by atoms with Gasteiger partial charge in [-0.1, -0.05) is 39.0 Å². The zero-order valence-electron chi connectivity index (χ0n) is 15.4. The topological polar surface area (TPSA) is 61.8 Å². The van der Waals surface area contributed by atoms with Crippen LogP contribution >= 0.6 is 0 Å². The Morgan fingerprint density at radius 3 is 2.50 bits per heavy atom. The number of ether oxygens (including phenoxy) is 3. The molecule has 0 saturated carbocycles. The van der Waals surface area contributed by atoms with Gasteiger partial charge in [0.25, 0.3) is 0 Å². The van der Waals surface area contributed by atoms with Crippen molar-refractivity contribution in [1.82, 2.24) is 0 Å². The lowest BCUT2D eigenvalue weighted by atomic mass is 10.1. The molecule has 0 spiro atoms. The fraction of sp³-hybridized carbons (Fsp3) is 0.895. The number of hydrogen-bond acceptors (Lipinski definition) is 5. The Balaban J connectivity index is 1.98. The maximum absolute atomic E-state index is 11.7. The number of unbranched alkanes of at least 4 members (excludes halogenated alkanes) is 5. The summed E-state index contributed by atoms with van der Waals surface area (Å²) in [5.41, 5.74) is 0. The molecule has 1 saturated heterocycles. The summed E-state index contributed by atoms with van der Waals surface area (Å²) in [6, 6.07) is 0. The lowest BCUT2D eigenvalue weighted by molar-refractivity contribution is -0.154. The molecule has 0 N–H and O–H groups in total. The highest BCUT2D eigenvalue weighted by Gasteiger charge is 2.18. The molecule has 2 atom stereocenters. The van der Waals surface area contributed by atoms with Gasteiger partial charge in [0.1, 0.15) is 6.61 Å². The molecule has 1 fully saturated rings. The normalized spacial score (nSPS) is 18.3. The lowest BCUT2D eigenvalue weighted by Gasteiger charge is -2.13. The van der Waals surface area contributed by atoms with Crippen molar-refractivity contribution in [3.8, 4) is 0 Å². The first kappa shape index (κ1) is 20.9. The highest BCUT2D eigenvalue weighted by molar-refractivity contribution is 5.77. The third-order valence-corrected chi connectivity index (χ3v) is 4.28. The van der Waals surface area contributed by atoms with Crippen LogP contribution in [0.1, 0.15) is 84.5 Å². The van der Waals surface area contributed by atoms with Crippen molar-refractivity contribution in [2.24, 2.45) is 0 Å². The van der Waals surface area contributed by atoms with E-state index in [4.69, 9.17) is 14.2 Å². The van der Waals surface area contributed by atoms with Gasteiger partial charge in [-0.05, 0) is 32.6 Å². The molecule has 0 aromatic heterocycles. The number of rotatable bonds is 13. The second kappa shape index (κ2) is 13.2. The molecule has 2 unspecified atom stereocenters. The first-order valence-corrected chi connectivity index (χ1v) is 9.58. The number of esters is 2. The molecule has 140 valence electrons. The molecule has 0 aliphatic carbocycles. The number of hydrogen-bond donors (Lipinski definition) is 0. The van der Waals surface area contributed by atoms with Crippen LogP contribution in [0.4, 0.5) is 0 Å². The molecule has 24 heavy (non-hydrogen) atoms. The monoisotopic (exact) mass is 342 g/mol. The summed E-state index contributed by atoms with van der Waals surface area (Å²) in [5.74, 6) is -0.673. The second-order valence-electron chi connectivity index (χ2n) is 6.67. The molecule has 0 radical (unpaired) electrons.